The molecule has 36 heavy (non-hydrogen) atoms. The van der Waals surface area contributed by atoms with Crippen molar-refractivity contribution < 1.29 is 28.2 Å². The summed E-state index contributed by atoms with van der Waals surface area (Å²) in [5.74, 6) is 2.27. The highest BCUT2D eigenvalue weighted by atomic mass is 32.2. The van der Waals surface area contributed by atoms with Crippen LogP contribution in [0.25, 0.3) is 10.6 Å². The van der Waals surface area contributed by atoms with Crippen molar-refractivity contribution in [2.45, 2.75) is 11.3 Å². The minimum absolute atomic E-state index is 0.0270. The summed E-state index contributed by atoms with van der Waals surface area (Å²) in [6.07, 6.45) is 0.0598. The lowest BCUT2D eigenvalue weighted by atomic mass is 10.1. The highest BCUT2D eigenvalue weighted by molar-refractivity contribution is 7.89. The molecule has 0 saturated carbocycles. The van der Waals surface area contributed by atoms with Crippen LogP contribution < -0.4 is 28.5 Å². The third-order valence-corrected chi connectivity index (χ3v) is 7.48. The number of nitrogens with zero attached hydrogens (tertiary/aromatic N) is 3. The van der Waals surface area contributed by atoms with Gasteiger partial charge in [0.05, 0.1) is 46.9 Å². The molecule has 3 aromatic rings. The molecule has 1 atom stereocenters. The first-order valence-corrected chi connectivity index (χ1v) is 12.5. The van der Waals surface area contributed by atoms with Gasteiger partial charge in [-0.15, -0.1) is 4.31 Å². The maximum atomic E-state index is 13.0. The lowest BCUT2D eigenvalue weighted by molar-refractivity contribution is 0.324. The largest absolute Gasteiger partial charge is 0.593 e. The van der Waals surface area contributed by atoms with E-state index in [1.54, 1.807) is 42.7 Å². The Labute approximate surface area is 216 Å². The van der Waals surface area contributed by atoms with Gasteiger partial charge in [0.1, 0.15) is 10.8 Å². The summed E-state index contributed by atoms with van der Waals surface area (Å²) < 4.78 is 42.8. The van der Waals surface area contributed by atoms with Crippen molar-refractivity contribution in [3.8, 4) is 39.3 Å². The summed E-state index contributed by atoms with van der Waals surface area (Å²) in [7, 11) is 11.0. The third-order valence-electron chi connectivity index (χ3n) is 5.19. The molecule has 0 amide bonds. The van der Waals surface area contributed by atoms with Gasteiger partial charge in [0, 0.05) is 37.7 Å². The first kappa shape index (κ1) is 27.3. The number of nitrogens with one attached hydrogen (secondary N) is 2. The van der Waals surface area contributed by atoms with E-state index >= 15 is 0 Å². The van der Waals surface area contributed by atoms with Gasteiger partial charge in [0.2, 0.25) is 10.6 Å². The van der Waals surface area contributed by atoms with E-state index in [0.717, 1.165) is 11.3 Å². The second-order valence-corrected chi connectivity index (χ2v) is 10.2. The third kappa shape index (κ3) is 5.43. The number of methoxy groups -OCH3 is 5. The van der Waals surface area contributed by atoms with E-state index in [9.17, 15) is 4.55 Å². The number of ether oxygens (including phenoxy) is 5. The molecule has 13 heteroatoms. The Morgan fingerprint density at radius 3 is 2.00 bits per heavy atom. The molecule has 1 unspecified atom stereocenters. The Kier molecular flexibility index (Phi) is 8.84. The van der Waals surface area contributed by atoms with E-state index in [1.807, 2.05) is 0 Å². The molecule has 3 rings (SSSR count). The maximum Gasteiger partial charge on any atom is 0.206 e. The molecule has 0 saturated heterocycles. The smallest absolute Gasteiger partial charge is 0.206 e. The van der Waals surface area contributed by atoms with Crippen LogP contribution in [-0.2, 0) is 17.8 Å². The number of hydrogen-bond acceptors (Lipinski definition) is 11. The van der Waals surface area contributed by atoms with Crippen molar-refractivity contribution in [2.24, 2.45) is 0 Å². The van der Waals surface area contributed by atoms with E-state index in [4.69, 9.17) is 34.5 Å². The maximum absolute atomic E-state index is 13.0. The van der Waals surface area contributed by atoms with Gasteiger partial charge in [-0.2, -0.15) is 9.78 Å². The van der Waals surface area contributed by atoms with Crippen molar-refractivity contribution >= 4 is 28.5 Å². The van der Waals surface area contributed by atoms with Crippen LogP contribution in [0.1, 0.15) is 5.56 Å². The number of benzene rings is 2. The van der Waals surface area contributed by atoms with Crippen molar-refractivity contribution in [2.75, 3.05) is 49.6 Å². The van der Waals surface area contributed by atoms with Crippen molar-refractivity contribution in [1.29, 1.82) is 10.8 Å². The topological polar surface area (TPSA) is 138 Å². The molecular weight excluding hydrogens is 506 g/mol. The Bertz CT molecular complexity index is 1280. The number of hydrogen-bond donors (Lipinski definition) is 2. The standard InChI is InChI=1S/C23H29N5O6S2/c1-27(2)36(29)19-12-16(31-4)15(30-3)8-13(19)11-20(24)28-23(25)35-22(26-28)14-9-17(32-5)21(34-7)18(10-14)33-6/h8-10,12,24-25H,11H2,1-7H3. The zero-order chi connectivity index (χ0) is 26.6. The molecular formula is C23H29N5O6S2. The normalized spacial score (nSPS) is 11.8. The summed E-state index contributed by atoms with van der Waals surface area (Å²) in [4.78, 5) is 0.536. The molecule has 11 nitrogen and oxygen atoms in total. The molecule has 0 aliphatic carbocycles. The van der Waals surface area contributed by atoms with Crippen molar-refractivity contribution in [3.05, 3.63) is 34.6 Å². The van der Waals surface area contributed by atoms with Crippen LogP contribution in [-0.4, -0.2) is 74.1 Å². The minimum atomic E-state index is -1.49. The lowest BCUT2D eigenvalue weighted by Crippen LogP contribution is -2.27. The summed E-state index contributed by atoms with van der Waals surface area (Å²) >= 11 is -0.395. The highest BCUT2D eigenvalue weighted by Gasteiger charge is 2.25. The fourth-order valence-corrected chi connectivity index (χ4v) is 5.19. The Hall–Kier alpha value is -3.26. The predicted molar refractivity (Wildman–Crippen MR) is 138 cm³/mol. The van der Waals surface area contributed by atoms with Gasteiger partial charge in [-0.3, -0.25) is 10.8 Å². The molecule has 2 N–H and O–H groups in total. The van der Waals surface area contributed by atoms with E-state index in [0.29, 0.717) is 49.8 Å². The van der Waals surface area contributed by atoms with E-state index < -0.39 is 11.4 Å². The van der Waals surface area contributed by atoms with Crippen LogP contribution in [0.5, 0.6) is 28.7 Å². The fourth-order valence-electron chi connectivity index (χ4n) is 3.45. The second kappa shape index (κ2) is 11.6. The van der Waals surface area contributed by atoms with Crippen molar-refractivity contribution in [1.82, 2.24) is 14.1 Å². The molecule has 0 aliphatic heterocycles. The van der Waals surface area contributed by atoms with Gasteiger partial charge in [0.15, 0.2) is 27.9 Å². The Morgan fingerprint density at radius 1 is 0.944 bits per heavy atom. The van der Waals surface area contributed by atoms with E-state index in [2.05, 4.69) is 5.10 Å². The van der Waals surface area contributed by atoms with Gasteiger partial charge in [-0.1, -0.05) is 11.3 Å². The summed E-state index contributed by atoms with van der Waals surface area (Å²) in [5, 5.41) is 22.1. The first-order chi connectivity index (χ1) is 17.2. The van der Waals surface area contributed by atoms with Crippen LogP contribution in [0.4, 0.5) is 0 Å². The van der Waals surface area contributed by atoms with Gasteiger partial charge in [-0.05, 0) is 18.2 Å². The average Bonchev–Trinajstić information content (AvgIpc) is 3.28. The van der Waals surface area contributed by atoms with Gasteiger partial charge >= 0.3 is 0 Å². The molecule has 1 heterocycles. The van der Waals surface area contributed by atoms with Crippen LogP contribution >= 0.6 is 11.3 Å². The molecule has 2 aromatic carbocycles. The Morgan fingerprint density at radius 2 is 1.50 bits per heavy atom. The minimum Gasteiger partial charge on any atom is -0.593 e. The lowest BCUT2D eigenvalue weighted by Gasteiger charge is -2.20. The fraction of sp³-hybridized carbons (Fsp3) is 0.348. The molecule has 0 spiro atoms. The number of rotatable bonds is 10. The Balaban J connectivity index is 2.02. The van der Waals surface area contributed by atoms with Crippen LogP contribution in [0.15, 0.2) is 29.2 Å². The summed E-state index contributed by atoms with van der Waals surface area (Å²) in [6.45, 7) is 0. The quantitative estimate of drug-likeness (QED) is 0.230. The molecule has 0 radical (unpaired) electrons. The first-order valence-electron chi connectivity index (χ1n) is 10.6. The monoisotopic (exact) mass is 535 g/mol. The number of aromatic nitrogens is 2. The van der Waals surface area contributed by atoms with Gasteiger partial charge in [0.25, 0.3) is 0 Å². The van der Waals surface area contributed by atoms with Gasteiger partial charge < -0.3 is 28.2 Å². The van der Waals surface area contributed by atoms with Crippen LogP contribution in [0.3, 0.4) is 0 Å². The SMILES string of the molecule is COc1cc(CC(=N)n2nc(-c3cc(OC)c(OC)c(OC)c3)sc2=N)c([S+]([O-])N(C)C)cc1OC. The van der Waals surface area contributed by atoms with Gasteiger partial charge in [-0.25, -0.2) is 0 Å². The molecule has 1 aromatic heterocycles. The average molecular weight is 536 g/mol. The predicted octanol–water partition coefficient (Wildman–Crippen LogP) is 2.79. The van der Waals surface area contributed by atoms with E-state index in [1.165, 1.54) is 40.2 Å². The molecule has 194 valence electrons. The van der Waals surface area contributed by atoms with E-state index in [-0.39, 0.29) is 17.1 Å². The molecule has 0 fully saturated rings. The summed E-state index contributed by atoms with van der Waals surface area (Å²) in [5.41, 5.74) is 1.24. The highest BCUT2D eigenvalue weighted by Crippen LogP contribution is 2.41. The van der Waals surface area contributed by atoms with Crippen molar-refractivity contribution in [3.63, 3.8) is 0 Å². The molecule has 0 bridgehead atoms. The zero-order valence-electron chi connectivity index (χ0n) is 21.1. The molecule has 0 aliphatic rings. The second-order valence-electron chi connectivity index (χ2n) is 7.54. The van der Waals surface area contributed by atoms with Crippen LogP contribution in [0, 0.1) is 10.8 Å². The van der Waals surface area contributed by atoms with Crippen LogP contribution in [0.2, 0.25) is 0 Å². The zero-order valence-corrected chi connectivity index (χ0v) is 22.8. The summed E-state index contributed by atoms with van der Waals surface area (Å²) in [6, 6.07) is 6.81.